The van der Waals surface area contributed by atoms with Crippen LogP contribution < -0.4 is 0 Å². The van der Waals surface area contributed by atoms with E-state index in [1.165, 1.54) is 118 Å². The molecular weight excluding hydrogens is 356 g/mol. The summed E-state index contributed by atoms with van der Waals surface area (Å²) in [4.78, 5) is 1.42. The van der Waals surface area contributed by atoms with Crippen molar-refractivity contribution in [2.75, 3.05) is 5.75 Å². The zero-order valence-electron chi connectivity index (χ0n) is 18.3. The molecule has 0 atom stereocenters. The molecule has 0 amide bonds. The maximum absolute atomic E-state index is 2.34. The van der Waals surface area contributed by atoms with Crippen LogP contribution in [0.25, 0.3) is 10.8 Å². The van der Waals surface area contributed by atoms with E-state index in [-0.39, 0.29) is 0 Å². The Balaban J connectivity index is 1.35. The molecule has 0 aromatic heterocycles. The molecular formula is C27H42S. The van der Waals surface area contributed by atoms with E-state index in [1.54, 1.807) is 0 Å². The molecule has 0 spiro atoms. The number of rotatable bonds is 17. The number of fused-ring (bicyclic) bond motifs is 1. The molecule has 0 bridgehead atoms. The molecule has 0 N–H and O–H groups in total. The maximum atomic E-state index is 2.34. The fourth-order valence-corrected chi connectivity index (χ4v) is 4.88. The van der Waals surface area contributed by atoms with E-state index in [1.807, 2.05) is 11.8 Å². The minimum Gasteiger partial charge on any atom is -0.126 e. The van der Waals surface area contributed by atoms with Crippen LogP contribution in [0.4, 0.5) is 0 Å². The van der Waals surface area contributed by atoms with Crippen molar-refractivity contribution in [3.8, 4) is 0 Å². The Hall–Kier alpha value is -0.950. The molecule has 0 saturated heterocycles. The van der Waals surface area contributed by atoms with E-state index in [0.717, 1.165) is 0 Å². The lowest BCUT2D eigenvalue weighted by molar-refractivity contribution is 0.535. The Morgan fingerprint density at radius 3 is 1.61 bits per heavy atom. The van der Waals surface area contributed by atoms with Gasteiger partial charge in [-0.15, -0.1) is 11.8 Å². The van der Waals surface area contributed by atoms with E-state index < -0.39 is 0 Å². The first-order valence-electron chi connectivity index (χ1n) is 12.0. The van der Waals surface area contributed by atoms with E-state index >= 15 is 0 Å². The standard InChI is InChI=1S/C27H42S/c1-2-3-4-5-6-7-8-9-10-11-12-13-14-15-18-23-28-27-22-21-25-19-16-17-20-26(25)24-27/h16-17,19-22,24H,2-15,18,23H2,1H3. The molecule has 0 unspecified atom stereocenters. The number of hydrogen-bond donors (Lipinski definition) is 0. The molecule has 0 nitrogen and oxygen atoms in total. The van der Waals surface area contributed by atoms with Crippen LogP contribution in [0.2, 0.25) is 0 Å². The van der Waals surface area contributed by atoms with Crippen LogP contribution in [0.15, 0.2) is 47.4 Å². The molecule has 0 aliphatic rings. The summed E-state index contributed by atoms with van der Waals surface area (Å²) in [5.74, 6) is 1.26. The van der Waals surface area contributed by atoms with Crippen molar-refractivity contribution in [2.24, 2.45) is 0 Å². The first kappa shape index (κ1) is 23.3. The van der Waals surface area contributed by atoms with E-state index in [4.69, 9.17) is 0 Å². The van der Waals surface area contributed by atoms with Crippen molar-refractivity contribution in [2.45, 2.75) is 108 Å². The Morgan fingerprint density at radius 1 is 0.536 bits per heavy atom. The molecule has 2 aromatic rings. The molecule has 0 radical (unpaired) electrons. The van der Waals surface area contributed by atoms with Crippen molar-refractivity contribution in [3.05, 3.63) is 42.5 Å². The number of thioether (sulfide) groups is 1. The van der Waals surface area contributed by atoms with E-state index in [0.29, 0.717) is 0 Å². The van der Waals surface area contributed by atoms with Crippen LogP contribution in [0, 0.1) is 0 Å². The summed E-state index contributed by atoms with van der Waals surface area (Å²) in [7, 11) is 0. The summed E-state index contributed by atoms with van der Waals surface area (Å²) in [5, 5.41) is 2.71. The Bertz CT molecular complexity index is 618. The van der Waals surface area contributed by atoms with Crippen LogP contribution in [-0.2, 0) is 0 Å². The van der Waals surface area contributed by atoms with Gasteiger partial charge >= 0.3 is 0 Å². The fourth-order valence-electron chi connectivity index (χ4n) is 3.92. The van der Waals surface area contributed by atoms with Crippen molar-refractivity contribution >= 4 is 22.5 Å². The van der Waals surface area contributed by atoms with Crippen LogP contribution in [0.3, 0.4) is 0 Å². The highest BCUT2D eigenvalue weighted by Crippen LogP contribution is 2.24. The van der Waals surface area contributed by atoms with Crippen LogP contribution >= 0.6 is 11.8 Å². The SMILES string of the molecule is CCCCCCCCCCCCCCCCCSc1ccc2ccccc2c1. The van der Waals surface area contributed by atoms with Gasteiger partial charge in [-0.25, -0.2) is 0 Å². The molecule has 2 aromatic carbocycles. The van der Waals surface area contributed by atoms with Gasteiger partial charge in [-0.3, -0.25) is 0 Å². The van der Waals surface area contributed by atoms with E-state index in [9.17, 15) is 0 Å². The third kappa shape index (κ3) is 10.6. The quantitative estimate of drug-likeness (QED) is 0.189. The largest absolute Gasteiger partial charge is 0.126 e. The molecule has 0 fully saturated rings. The Morgan fingerprint density at radius 2 is 1.04 bits per heavy atom. The second-order valence-electron chi connectivity index (χ2n) is 8.31. The van der Waals surface area contributed by atoms with Crippen LogP contribution in [0.5, 0.6) is 0 Å². The van der Waals surface area contributed by atoms with Gasteiger partial charge in [0.05, 0.1) is 0 Å². The van der Waals surface area contributed by atoms with Gasteiger partial charge < -0.3 is 0 Å². The van der Waals surface area contributed by atoms with Gasteiger partial charge in [0.1, 0.15) is 0 Å². The summed E-state index contributed by atoms with van der Waals surface area (Å²) >= 11 is 2.02. The summed E-state index contributed by atoms with van der Waals surface area (Å²) in [6, 6.07) is 15.5. The molecule has 0 heterocycles. The minimum atomic E-state index is 1.26. The topological polar surface area (TPSA) is 0 Å². The smallest absolute Gasteiger partial charge is 0.00783 e. The molecule has 156 valence electrons. The average Bonchev–Trinajstić information content (AvgIpc) is 2.73. The predicted molar refractivity (Wildman–Crippen MR) is 130 cm³/mol. The first-order valence-corrected chi connectivity index (χ1v) is 13.0. The van der Waals surface area contributed by atoms with Crippen molar-refractivity contribution in [1.29, 1.82) is 0 Å². The molecule has 28 heavy (non-hydrogen) atoms. The molecule has 2 rings (SSSR count). The fraction of sp³-hybridized carbons (Fsp3) is 0.630. The second-order valence-corrected chi connectivity index (χ2v) is 9.48. The summed E-state index contributed by atoms with van der Waals surface area (Å²) in [6.45, 7) is 2.30. The zero-order chi connectivity index (χ0) is 19.7. The average molecular weight is 399 g/mol. The highest BCUT2D eigenvalue weighted by atomic mass is 32.2. The van der Waals surface area contributed by atoms with Gasteiger partial charge in [0.15, 0.2) is 0 Å². The van der Waals surface area contributed by atoms with Gasteiger partial charge in [-0.2, -0.15) is 0 Å². The normalized spacial score (nSPS) is 11.3. The van der Waals surface area contributed by atoms with Crippen LogP contribution in [-0.4, -0.2) is 5.75 Å². The zero-order valence-corrected chi connectivity index (χ0v) is 19.1. The monoisotopic (exact) mass is 398 g/mol. The summed E-state index contributed by atoms with van der Waals surface area (Å²) in [6.07, 6.45) is 21.6. The lowest BCUT2D eigenvalue weighted by Gasteiger charge is -2.05. The molecule has 0 saturated carbocycles. The predicted octanol–water partition coefficient (Wildman–Crippen LogP) is 9.80. The first-order chi connectivity index (χ1) is 13.9. The lowest BCUT2D eigenvalue weighted by atomic mass is 10.0. The summed E-state index contributed by atoms with van der Waals surface area (Å²) in [5.41, 5.74) is 0. The van der Waals surface area contributed by atoms with E-state index in [2.05, 4.69) is 49.4 Å². The highest BCUT2D eigenvalue weighted by molar-refractivity contribution is 7.99. The highest BCUT2D eigenvalue weighted by Gasteiger charge is 1.98. The molecule has 1 heteroatoms. The Kier molecular flexibility index (Phi) is 13.3. The minimum absolute atomic E-state index is 1.26. The van der Waals surface area contributed by atoms with Crippen molar-refractivity contribution < 1.29 is 0 Å². The Labute approximate surface area is 178 Å². The van der Waals surface area contributed by atoms with Gasteiger partial charge in [0.25, 0.3) is 0 Å². The van der Waals surface area contributed by atoms with Gasteiger partial charge in [0.2, 0.25) is 0 Å². The summed E-state index contributed by atoms with van der Waals surface area (Å²) < 4.78 is 0. The van der Waals surface area contributed by atoms with Crippen molar-refractivity contribution in [3.63, 3.8) is 0 Å². The van der Waals surface area contributed by atoms with Crippen LogP contribution in [0.1, 0.15) is 103 Å². The second kappa shape index (κ2) is 15.9. The van der Waals surface area contributed by atoms with Gasteiger partial charge in [-0.1, -0.05) is 127 Å². The lowest BCUT2D eigenvalue weighted by Crippen LogP contribution is -1.85. The third-order valence-corrected chi connectivity index (χ3v) is 6.82. The molecule has 0 aliphatic heterocycles. The maximum Gasteiger partial charge on any atom is 0.00783 e. The third-order valence-electron chi connectivity index (χ3n) is 5.74. The van der Waals surface area contributed by atoms with Gasteiger partial charge in [-0.05, 0) is 35.1 Å². The number of benzene rings is 2. The molecule has 0 aliphatic carbocycles. The number of hydrogen-bond acceptors (Lipinski definition) is 1. The van der Waals surface area contributed by atoms with Gasteiger partial charge in [0, 0.05) is 4.90 Å². The van der Waals surface area contributed by atoms with Crippen molar-refractivity contribution in [1.82, 2.24) is 0 Å². The number of unbranched alkanes of at least 4 members (excludes halogenated alkanes) is 14.